The Kier molecular flexibility index (Phi) is 3.69. The van der Waals surface area contributed by atoms with E-state index in [1.54, 1.807) is 0 Å². The van der Waals surface area contributed by atoms with Crippen LogP contribution >= 0.6 is 0 Å². The maximum absolute atomic E-state index is 12.1. The Morgan fingerprint density at radius 1 is 1.50 bits per heavy atom. The summed E-state index contributed by atoms with van der Waals surface area (Å²) < 4.78 is 5.22. The van der Waals surface area contributed by atoms with Crippen molar-refractivity contribution in [3.8, 4) is 0 Å². The maximum Gasteiger partial charge on any atom is 0.226 e. The number of nitrogens with zero attached hydrogens (tertiary/aromatic N) is 1. The molecule has 0 saturated carbocycles. The largest absolute Gasteiger partial charge is 0.356 e. The van der Waals surface area contributed by atoms with Crippen LogP contribution in [-0.4, -0.2) is 29.7 Å². The molecule has 2 aromatic rings. The standard InChI is InChI=1S/C15H19N3O2/c1-10-8-11(6-7-16-10)17-15(19)9-13-12-4-2-3-5-14(12)20-18-13/h2-5,10-11,16H,6-9H2,1H3,(H,17,19). The minimum absolute atomic E-state index is 0.0168. The van der Waals surface area contributed by atoms with E-state index in [-0.39, 0.29) is 18.4 Å². The summed E-state index contributed by atoms with van der Waals surface area (Å²) in [5, 5.41) is 11.4. The highest BCUT2D eigenvalue weighted by Crippen LogP contribution is 2.18. The summed E-state index contributed by atoms with van der Waals surface area (Å²) in [4.78, 5) is 12.1. The van der Waals surface area contributed by atoms with Gasteiger partial charge >= 0.3 is 0 Å². The molecular formula is C15H19N3O2. The molecule has 1 saturated heterocycles. The molecule has 1 aromatic carbocycles. The minimum Gasteiger partial charge on any atom is -0.356 e. The summed E-state index contributed by atoms with van der Waals surface area (Å²) in [6, 6.07) is 8.33. The fourth-order valence-electron chi connectivity index (χ4n) is 2.76. The molecule has 0 aliphatic carbocycles. The molecule has 20 heavy (non-hydrogen) atoms. The third-order valence-electron chi connectivity index (χ3n) is 3.77. The van der Waals surface area contributed by atoms with E-state index in [0.29, 0.717) is 11.7 Å². The molecule has 0 radical (unpaired) electrons. The second-order valence-corrected chi connectivity index (χ2v) is 5.45. The lowest BCUT2D eigenvalue weighted by Crippen LogP contribution is -2.47. The monoisotopic (exact) mass is 273 g/mol. The Labute approximate surface area is 117 Å². The summed E-state index contributed by atoms with van der Waals surface area (Å²) >= 11 is 0. The van der Waals surface area contributed by atoms with E-state index in [9.17, 15) is 4.79 Å². The van der Waals surface area contributed by atoms with Gasteiger partial charge < -0.3 is 15.2 Å². The van der Waals surface area contributed by atoms with Gasteiger partial charge in [0.2, 0.25) is 5.91 Å². The lowest BCUT2D eigenvalue weighted by molar-refractivity contribution is -0.121. The van der Waals surface area contributed by atoms with Gasteiger partial charge in [0.05, 0.1) is 6.42 Å². The number of rotatable bonds is 3. The van der Waals surface area contributed by atoms with Crippen LogP contribution in [0.5, 0.6) is 0 Å². The van der Waals surface area contributed by atoms with Crippen molar-refractivity contribution in [3.05, 3.63) is 30.0 Å². The molecule has 1 aliphatic heterocycles. The van der Waals surface area contributed by atoms with Crippen LogP contribution in [0.3, 0.4) is 0 Å². The predicted octanol–water partition coefficient (Wildman–Crippen LogP) is 1.63. The van der Waals surface area contributed by atoms with Crippen LogP contribution in [0.2, 0.25) is 0 Å². The van der Waals surface area contributed by atoms with Crippen LogP contribution < -0.4 is 10.6 Å². The highest BCUT2D eigenvalue weighted by molar-refractivity contribution is 5.86. The van der Waals surface area contributed by atoms with Crippen molar-refractivity contribution in [2.75, 3.05) is 6.54 Å². The SMILES string of the molecule is CC1CC(NC(=O)Cc2noc3ccccc23)CCN1. The van der Waals surface area contributed by atoms with Gasteiger partial charge in [0.25, 0.3) is 0 Å². The molecular weight excluding hydrogens is 254 g/mol. The zero-order valence-electron chi connectivity index (χ0n) is 11.6. The number of nitrogens with one attached hydrogen (secondary N) is 2. The Morgan fingerprint density at radius 3 is 3.20 bits per heavy atom. The molecule has 2 atom stereocenters. The molecule has 5 nitrogen and oxygen atoms in total. The highest BCUT2D eigenvalue weighted by atomic mass is 16.5. The van der Waals surface area contributed by atoms with E-state index in [4.69, 9.17) is 4.52 Å². The number of hydrogen-bond donors (Lipinski definition) is 2. The average molecular weight is 273 g/mol. The zero-order chi connectivity index (χ0) is 13.9. The van der Waals surface area contributed by atoms with Crippen LogP contribution in [0.4, 0.5) is 0 Å². The van der Waals surface area contributed by atoms with E-state index < -0.39 is 0 Å². The van der Waals surface area contributed by atoms with E-state index in [0.717, 1.165) is 30.4 Å². The van der Waals surface area contributed by atoms with Crippen LogP contribution in [0.15, 0.2) is 28.8 Å². The molecule has 1 aliphatic rings. The molecule has 106 valence electrons. The number of aromatic nitrogens is 1. The van der Waals surface area contributed by atoms with Crippen molar-refractivity contribution >= 4 is 16.9 Å². The number of hydrogen-bond acceptors (Lipinski definition) is 4. The number of benzene rings is 1. The minimum atomic E-state index is 0.0168. The van der Waals surface area contributed by atoms with Gasteiger partial charge in [-0.3, -0.25) is 4.79 Å². The third-order valence-corrected chi connectivity index (χ3v) is 3.77. The Morgan fingerprint density at radius 2 is 2.35 bits per heavy atom. The number of carbonyl (C=O) groups excluding carboxylic acids is 1. The van der Waals surface area contributed by atoms with Gasteiger partial charge in [-0.1, -0.05) is 17.3 Å². The first-order valence-corrected chi connectivity index (χ1v) is 7.08. The maximum atomic E-state index is 12.1. The van der Waals surface area contributed by atoms with Gasteiger partial charge in [0.15, 0.2) is 5.58 Å². The lowest BCUT2D eigenvalue weighted by Gasteiger charge is -2.28. The van der Waals surface area contributed by atoms with Crippen molar-refractivity contribution in [3.63, 3.8) is 0 Å². The number of piperidine rings is 1. The lowest BCUT2D eigenvalue weighted by atomic mass is 10.0. The van der Waals surface area contributed by atoms with E-state index in [2.05, 4.69) is 22.7 Å². The Bertz CT molecular complexity index is 608. The molecule has 5 heteroatoms. The van der Waals surface area contributed by atoms with Gasteiger partial charge in [0.1, 0.15) is 5.69 Å². The Hall–Kier alpha value is -1.88. The average Bonchev–Trinajstić information content (AvgIpc) is 2.82. The molecule has 1 fully saturated rings. The number of carbonyl (C=O) groups is 1. The topological polar surface area (TPSA) is 67.2 Å². The van der Waals surface area contributed by atoms with E-state index in [1.165, 1.54) is 0 Å². The van der Waals surface area contributed by atoms with Gasteiger partial charge in [-0.2, -0.15) is 0 Å². The molecule has 0 spiro atoms. The predicted molar refractivity (Wildman–Crippen MR) is 76.3 cm³/mol. The fourth-order valence-corrected chi connectivity index (χ4v) is 2.76. The number of fused-ring (bicyclic) bond motifs is 1. The Balaban J connectivity index is 1.64. The van der Waals surface area contributed by atoms with Crippen molar-refractivity contribution in [2.24, 2.45) is 0 Å². The van der Waals surface area contributed by atoms with Crippen molar-refractivity contribution in [1.82, 2.24) is 15.8 Å². The quantitative estimate of drug-likeness (QED) is 0.892. The molecule has 0 bridgehead atoms. The summed E-state index contributed by atoms with van der Waals surface area (Å²) in [5.74, 6) is 0.0168. The van der Waals surface area contributed by atoms with Crippen LogP contribution in [-0.2, 0) is 11.2 Å². The van der Waals surface area contributed by atoms with Crippen LogP contribution in [0, 0.1) is 0 Å². The summed E-state index contributed by atoms with van der Waals surface area (Å²) in [5.41, 5.74) is 1.44. The van der Waals surface area contributed by atoms with Crippen LogP contribution in [0.1, 0.15) is 25.5 Å². The molecule has 1 aromatic heterocycles. The summed E-state index contributed by atoms with van der Waals surface area (Å²) in [6.45, 7) is 3.10. The van der Waals surface area contributed by atoms with Gasteiger partial charge in [-0.05, 0) is 38.4 Å². The number of amides is 1. The fraction of sp³-hybridized carbons (Fsp3) is 0.467. The third kappa shape index (κ3) is 2.82. The first-order chi connectivity index (χ1) is 9.72. The summed E-state index contributed by atoms with van der Waals surface area (Å²) in [7, 11) is 0. The normalized spacial score (nSPS) is 22.9. The van der Waals surface area contributed by atoms with Gasteiger partial charge in [-0.25, -0.2) is 0 Å². The first-order valence-electron chi connectivity index (χ1n) is 7.08. The van der Waals surface area contributed by atoms with Crippen LogP contribution in [0.25, 0.3) is 11.0 Å². The van der Waals surface area contributed by atoms with Gasteiger partial charge in [0, 0.05) is 17.5 Å². The second-order valence-electron chi connectivity index (χ2n) is 5.45. The number of para-hydroxylation sites is 1. The van der Waals surface area contributed by atoms with E-state index >= 15 is 0 Å². The molecule has 2 heterocycles. The smallest absolute Gasteiger partial charge is 0.226 e. The second kappa shape index (κ2) is 5.63. The first kappa shape index (κ1) is 13.1. The highest BCUT2D eigenvalue weighted by Gasteiger charge is 2.20. The molecule has 3 rings (SSSR count). The molecule has 1 amide bonds. The summed E-state index contributed by atoms with van der Waals surface area (Å²) in [6.07, 6.45) is 2.23. The molecule has 2 N–H and O–H groups in total. The van der Waals surface area contributed by atoms with E-state index in [1.807, 2.05) is 24.3 Å². The van der Waals surface area contributed by atoms with Crippen molar-refractivity contribution in [2.45, 2.75) is 38.3 Å². The zero-order valence-corrected chi connectivity index (χ0v) is 11.6. The van der Waals surface area contributed by atoms with Crippen molar-refractivity contribution < 1.29 is 9.32 Å². The molecule has 2 unspecified atom stereocenters. The van der Waals surface area contributed by atoms with Gasteiger partial charge in [-0.15, -0.1) is 0 Å². The van der Waals surface area contributed by atoms with Crippen molar-refractivity contribution in [1.29, 1.82) is 0 Å².